The standard InChI is InChI=1S/C26H29F2N5O3/c27-17-4-5-19(28)21(14-17)33-25-23(24(30-33)16-2-1-3-16)22(15-20(29-25)26(34)35)32-8-6-18(7-9-32)31-10-12-36-13-11-31/h4-5,14-16,18H,1-3,6-13H2,(H,34,35). The Kier molecular flexibility index (Phi) is 6.08. The molecule has 2 aromatic heterocycles. The fourth-order valence-corrected chi connectivity index (χ4v) is 5.68. The second-order valence-electron chi connectivity index (χ2n) is 9.92. The molecule has 0 radical (unpaired) electrons. The number of piperidine rings is 1. The van der Waals surface area contributed by atoms with Crippen molar-refractivity contribution in [1.29, 1.82) is 0 Å². The minimum Gasteiger partial charge on any atom is -0.477 e. The molecule has 1 saturated carbocycles. The fraction of sp³-hybridized carbons (Fsp3) is 0.500. The summed E-state index contributed by atoms with van der Waals surface area (Å²) in [5.74, 6) is -2.22. The quantitative estimate of drug-likeness (QED) is 0.571. The normalized spacial score (nSPS) is 20.1. The number of morpholine rings is 1. The van der Waals surface area contributed by atoms with Crippen LogP contribution < -0.4 is 4.90 Å². The van der Waals surface area contributed by atoms with Crippen molar-refractivity contribution in [2.45, 2.75) is 44.1 Å². The number of nitrogens with zero attached hydrogens (tertiary/aromatic N) is 5. The molecular formula is C26H29F2N5O3. The van der Waals surface area contributed by atoms with Crippen LogP contribution in [0.5, 0.6) is 0 Å². The lowest BCUT2D eigenvalue weighted by Crippen LogP contribution is -2.49. The number of carboxylic acids is 1. The number of hydrogen-bond acceptors (Lipinski definition) is 6. The predicted molar refractivity (Wildman–Crippen MR) is 130 cm³/mol. The Morgan fingerprint density at radius 1 is 1.00 bits per heavy atom. The van der Waals surface area contributed by atoms with Crippen molar-refractivity contribution in [3.63, 3.8) is 0 Å². The molecule has 1 aromatic carbocycles. The van der Waals surface area contributed by atoms with Crippen LogP contribution in [0.2, 0.25) is 0 Å². The highest BCUT2D eigenvalue weighted by molar-refractivity contribution is 5.98. The summed E-state index contributed by atoms with van der Waals surface area (Å²) in [6.45, 7) is 4.92. The van der Waals surface area contributed by atoms with E-state index in [9.17, 15) is 18.7 Å². The molecule has 3 aromatic rings. The zero-order valence-corrected chi connectivity index (χ0v) is 20.0. The van der Waals surface area contributed by atoms with E-state index >= 15 is 0 Å². The van der Waals surface area contributed by atoms with Gasteiger partial charge in [0.25, 0.3) is 0 Å². The maximum absolute atomic E-state index is 14.8. The molecular weight excluding hydrogens is 468 g/mol. The third-order valence-corrected chi connectivity index (χ3v) is 7.86. The van der Waals surface area contributed by atoms with Crippen molar-refractivity contribution in [1.82, 2.24) is 19.7 Å². The molecule has 2 aliphatic heterocycles. The SMILES string of the molecule is O=C(O)c1cc(N2CCC(N3CCOCC3)CC2)c2c(C3CCC3)nn(-c3cc(F)ccc3F)c2n1. The summed E-state index contributed by atoms with van der Waals surface area (Å²) in [7, 11) is 0. The number of aromatic nitrogens is 3. The number of aromatic carboxylic acids is 1. The molecule has 4 heterocycles. The van der Waals surface area contributed by atoms with Crippen LogP contribution in [0.15, 0.2) is 24.3 Å². The molecule has 190 valence electrons. The van der Waals surface area contributed by atoms with Gasteiger partial charge in [0.05, 0.1) is 30.0 Å². The molecule has 0 bridgehead atoms. The Morgan fingerprint density at radius 3 is 2.42 bits per heavy atom. The molecule has 36 heavy (non-hydrogen) atoms. The summed E-state index contributed by atoms with van der Waals surface area (Å²) >= 11 is 0. The van der Waals surface area contributed by atoms with Crippen molar-refractivity contribution in [3.8, 4) is 5.69 Å². The van der Waals surface area contributed by atoms with Gasteiger partial charge < -0.3 is 14.7 Å². The van der Waals surface area contributed by atoms with Crippen molar-refractivity contribution < 1.29 is 23.4 Å². The zero-order valence-electron chi connectivity index (χ0n) is 20.0. The lowest BCUT2D eigenvalue weighted by molar-refractivity contribution is 0.0115. The number of fused-ring (bicyclic) bond motifs is 1. The molecule has 0 unspecified atom stereocenters. The Balaban J connectivity index is 1.45. The highest BCUT2D eigenvalue weighted by atomic mass is 19.1. The highest BCUT2D eigenvalue weighted by Crippen LogP contribution is 2.43. The van der Waals surface area contributed by atoms with Crippen LogP contribution in [0.4, 0.5) is 14.5 Å². The Morgan fingerprint density at radius 2 is 1.75 bits per heavy atom. The molecule has 2 saturated heterocycles. The molecule has 8 nitrogen and oxygen atoms in total. The van der Waals surface area contributed by atoms with Gasteiger partial charge in [0, 0.05) is 44.2 Å². The first kappa shape index (κ1) is 23.3. The van der Waals surface area contributed by atoms with Gasteiger partial charge in [-0.15, -0.1) is 0 Å². The van der Waals surface area contributed by atoms with Crippen molar-refractivity contribution in [2.75, 3.05) is 44.3 Å². The largest absolute Gasteiger partial charge is 0.477 e. The van der Waals surface area contributed by atoms with Gasteiger partial charge >= 0.3 is 5.97 Å². The van der Waals surface area contributed by atoms with Crippen molar-refractivity contribution >= 4 is 22.7 Å². The van der Waals surface area contributed by atoms with Crippen LogP contribution in [0, 0.1) is 11.6 Å². The monoisotopic (exact) mass is 497 g/mol. The van der Waals surface area contributed by atoms with Gasteiger partial charge in [-0.3, -0.25) is 4.90 Å². The molecule has 0 spiro atoms. The first-order valence-electron chi connectivity index (χ1n) is 12.7. The van der Waals surface area contributed by atoms with Crippen LogP contribution in [-0.2, 0) is 4.74 Å². The number of hydrogen-bond donors (Lipinski definition) is 1. The molecule has 3 aliphatic rings. The summed E-state index contributed by atoms with van der Waals surface area (Å²) in [6, 6.07) is 5.28. The van der Waals surface area contributed by atoms with Gasteiger partial charge in [0.15, 0.2) is 11.3 Å². The molecule has 6 rings (SSSR count). The van der Waals surface area contributed by atoms with E-state index < -0.39 is 17.6 Å². The van der Waals surface area contributed by atoms with E-state index in [0.29, 0.717) is 6.04 Å². The van der Waals surface area contributed by atoms with Gasteiger partial charge in [-0.2, -0.15) is 5.10 Å². The Labute approximate surface area is 207 Å². The van der Waals surface area contributed by atoms with Crippen LogP contribution in [-0.4, -0.2) is 76.2 Å². The fourth-order valence-electron chi connectivity index (χ4n) is 5.68. The third kappa shape index (κ3) is 4.12. The van der Waals surface area contributed by atoms with Crippen molar-refractivity contribution in [2.24, 2.45) is 0 Å². The maximum atomic E-state index is 14.8. The number of halogens is 2. The van der Waals surface area contributed by atoms with E-state index in [0.717, 1.165) is 106 Å². The summed E-state index contributed by atoms with van der Waals surface area (Å²) in [5.41, 5.74) is 1.60. The summed E-state index contributed by atoms with van der Waals surface area (Å²) in [4.78, 5) is 21.1. The number of pyridine rings is 1. The van der Waals surface area contributed by atoms with Gasteiger partial charge in [-0.1, -0.05) is 6.42 Å². The average molecular weight is 498 g/mol. The summed E-state index contributed by atoms with van der Waals surface area (Å²) in [5, 5.41) is 15.3. The summed E-state index contributed by atoms with van der Waals surface area (Å²) < 4.78 is 35.7. The Hall–Kier alpha value is -3.11. The number of rotatable bonds is 5. The lowest BCUT2D eigenvalue weighted by Gasteiger charge is -2.41. The van der Waals surface area contributed by atoms with E-state index in [-0.39, 0.29) is 22.9 Å². The highest BCUT2D eigenvalue weighted by Gasteiger charge is 2.33. The number of benzene rings is 1. The molecule has 1 aliphatic carbocycles. The summed E-state index contributed by atoms with van der Waals surface area (Å²) in [6.07, 6.45) is 4.90. The molecule has 0 atom stereocenters. The lowest BCUT2D eigenvalue weighted by atomic mass is 9.82. The third-order valence-electron chi connectivity index (χ3n) is 7.86. The molecule has 0 amide bonds. The second kappa shape index (κ2) is 9.40. The van der Waals surface area contributed by atoms with Crippen LogP contribution in [0.3, 0.4) is 0 Å². The van der Waals surface area contributed by atoms with E-state index in [1.165, 1.54) is 4.68 Å². The number of carboxylic acid groups (broad SMARTS) is 1. The topological polar surface area (TPSA) is 83.7 Å². The van der Waals surface area contributed by atoms with Gasteiger partial charge in [0.2, 0.25) is 0 Å². The minimum absolute atomic E-state index is 0.0717. The maximum Gasteiger partial charge on any atom is 0.354 e. The average Bonchev–Trinajstić information content (AvgIpc) is 3.23. The second-order valence-corrected chi connectivity index (χ2v) is 9.92. The van der Waals surface area contributed by atoms with E-state index in [1.54, 1.807) is 6.07 Å². The van der Waals surface area contributed by atoms with Gasteiger partial charge in [0.1, 0.15) is 17.3 Å². The van der Waals surface area contributed by atoms with Crippen LogP contribution in [0.1, 0.15) is 54.2 Å². The first-order valence-corrected chi connectivity index (χ1v) is 12.7. The number of ether oxygens (including phenoxy) is 1. The number of anilines is 1. The van der Waals surface area contributed by atoms with E-state index in [4.69, 9.17) is 9.84 Å². The molecule has 10 heteroatoms. The van der Waals surface area contributed by atoms with E-state index in [1.807, 2.05) is 0 Å². The minimum atomic E-state index is -1.17. The number of carbonyl (C=O) groups is 1. The molecule has 1 N–H and O–H groups in total. The smallest absolute Gasteiger partial charge is 0.354 e. The van der Waals surface area contributed by atoms with E-state index in [2.05, 4.69) is 14.8 Å². The zero-order chi connectivity index (χ0) is 24.8. The van der Waals surface area contributed by atoms with Crippen LogP contribution in [0.25, 0.3) is 16.7 Å². The molecule has 3 fully saturated rings. The first-order chi connectivity index (χ1) is 17.5. The Bertz CT molecular complexity index is 1290. The van der Waals surface area contributed by atoms with Crippen molar-refractivity contribution in [3.05, 3.63) is 47.3 Å². The van der Waals surface area contributed by atoms with Crippen LogP contribution >= 0.6 is 0 Å². The van der Waals surface area contributed by atoms with Gasteiger partial charge in [-0.05, 0) is 43.9 Å². The van der Waals surface area contributed by atoms with Gasteiger partial charge in [-0.25, -0.2) is 23.2 Å². The predicted octanol–water partition coefficient (Wildman–Crippen LogP) is 3.97.